The van der Waals surface area contributed by atoms with Gasteiger partial charge in [0.2, 0.25) is 5.91 Å². The lowest BCUT2D eigenvalue weighted by Crippen LogP contribution is -2.46. The Morgan fingerprint density at radius 2 is 2.25 bits per heavy atom. The van der Waals surface area contributed by atoms with Gasteiger partial charge in [-0.1, -0.05) is 0 Å². The molecule has 20 heavy (non-hydrogen) atoms. The summed E-state index contributed by atoms with van der Waals surface area (Å²) in [5, 5.41) is 6.34. The summed E-state index contributed by atoms with van der Waals surface area (Å²) >= 11 is 0. The second-order valence-electron chi connectivity index (χ2n) is 4.97. The number of benzene rings is 1. The first-order chi connectivity index (χ1) is 9.72. The molecule has 1 aromatic rings. The van der Waals surface area contributed by atoms with Crippen molar-refractivity contribution in [2.24, 2.45) is 0 Å². The van der Waals surface area contributed by atoms with Crippen LogP contribution in [0.2, 0.25) is 0 Å². The zero-order valence-corrected chi connectivity index (χ0v) is 12.1. The van der Waals surface area contributed by atoms with Crippen LogP contribution in [0.15, 0.2) is 18.2 Å². The zero-order chi connectivity index (χ0) is 14.4. The van der Waals surface area contributed by atoms with Crippen molar-refractivity contribution in [1.29, 1.82) is 0 Å². The third-order valence-electron chi connectivity index (χ3n) is 3.50. The molecule has 2 rings (SSSR count). The van der Waals surface area contributed by atoms with Crippen LogP contribution >= 0.6 is 0 Å². The Balaban J connectivity index is 1.98. The number of hydrogen-bond donors (Lipinski definition) is 2. The molecule has 0 spiro atoms. The number of ether oxygens (including phenoxy) is 2. The molecule has 0 aliphatic carbocycles. The fraction of sp³-hybridized carbons (Fsp3) is 0.533. The molecule has 1 aromatic carbocycles. The molecule has 1 saturated heterocycles. The minimum Gasteiger partial charge on any atom is -0.497 e. The van der Waals surface area contributed by atoms with Gasteiger partial charge in [-0.15, -0.1) is 0 Å². The summed E-state index contributed by atoms with van der Waals surface area (Å²) in [4.78, 5) is 12.1. The molecule has 110 valence electrons. The van der Waals surface area contributed by atoms with E-state index in [1.165, 1.54) is 0 Å². The van der Waals surface area contributed by atoms with E-state index < -0.39 is 0 Å². The summed E-state index contributed by atoms with van der Waals surface area (Å²) in [5.41, 5.74) is 0.841. The first-order valence-corrected chi connectivity index (χ1v) is 6.94. The van der Waals surface area contributed by atoms with E-state index in [1.54, 1.807) is 14.2 Å². The van der Waals surface area contributed by atoms with Crippen LogP contribution in [0.3, 0.4) is 0 Å². The average molecular weight is 278 g/mol. The second kappa shape index (κ2) is 7.14. The molecule has 1 amide bonds. The molecule has 2 N–H and O–H groups in total. The van der Waals surface area contributed by atoms with Gasteiger partial charge in [-0.25, -0.2) is 0 Å². The number of carbonyl (C=O) groups excluding carboxylic acids is 1. The lowest BCUT2D eigenvalue weighted by molar-refractivity contribution is -0.121. The van der Waals surface area contributed by atoms with Crippen molar-refractivity contribution in [3.63, 3.8) is 0 Å². The van der Waals surface area contributed by atoms with Crippen molar-refractivity contribution in [3.05, 3.63) is 23.8 Å². The van der Waals surface area contributed by atoms with E-state index >= 15 is 0 Å². The van der Waals surface area contributed by atoms with E-state index in [-0.39, 0.29) is 11.9 Å². The Kier molecular flexibility index (Phi) is 5.24. The van der Waals surface area contributed by atoms with Gasteiger partial charge in [0.05, 0.1) is 20.6 Å². The van der Waals surface area contributed by atoms with Gasteiger partial charge in [-0.2, -0.15) is 0 Å². The smallest absolute Gasteiger partial charge is 0.224 e. The van der Waals surface area contributed by atoms with Gasteiger partial charge in [-0.05, 0) is 37.6 Å². The summed E-state index contributed by atoms with van der Waals surface area (Å²) in [6, 6.07) is 5.72. The molecule has 5 heteroatoms. The number of methoxy groups -OCH3 is 2. The molecule has 1 atom stereocenters. The molecular weight excluding hydrogens is 256 g/mol. The Morgan fingerprint density at radius 3 is 2.90 bits per heavy atom. The molecule has 5 nitrogen and oxygen atoms in total. The van der Waals surface area contributed by atoms with E-state index in [1.807, 2.05) is 18.2 Å². The van der Waals surface area contributed by atoms with Gasteiger partial charge in [0.25, 0.3) is 0 Å². The normalized spacial score (nSPS) is 18.4. The monoisotopic (exact) mass is 278 g/mol. The third kappa shape index (κ3) is 3.87. The zero-order valence-electron chi connectivity index (χ0n) is 12.1. The van der Waals surface area contributed by atoms with Crippen LogP contribution in [0.5, 0.6) is 11.5 Å². The highest BCUT2D eigenvalue weighted by molar-refractivity contribution is 5.79. The molecule has 0 bridgehead atoms. The van der Waals surface area contributed by atoms with Crippen LogP contribution in [-0.4, -0.2) is 39.3 Å². The molecule has 1 aliphatic rings. The highest BCUT2D eigenvalue weighted by Gasteiger charge is 2.16. The molecule has 0 radical (unpaired) electrons. The van der Waals surface area contributed by atoms with Crippen molar-refractivity contribution in [3.8, 4) is 11.5 Å². The summed E-state index contributed by atoms with van der Waals surface area (Å²) in [6.07, 6.45) is 2.44. The van der Waals surface area contributed by atoms with Crippen LogP contribution in [0.25, 0.3) is 0 Å². The molecular formula is C15H22N2O3. The van der Waals surface area contributed by atoms with Crippen molar-refractivity contribution in [2.75, 3.05) is 27.3 Å². The molecule has 1 aliphatic heterocycles. The van der Waals surface area contributed by atoms with Gasteiger partial charge in [0, 0.05) is 18.2 Å². The maximum absolute atomic E-state index is 12.1. The van der Waals surface area contributed by atoms with Crippen molar-refractivity contribution < 1.29 is 14.3 Å². The first kappa shape index (κ1) is 14.7. The number of piperidine rings is 1. The van der Waals surface area contributed by atoms with Gasteiger partial charge in [-0.3, -0.25) is 4.79 Å². The van der Waals surface area contributed by atoms with Gasteiger partial charge < -0.3 is 20.1 Å². The Labute approximate surface area is 119 Å². The Hall–Kier alpha value is -1.75. The predicted molar refractivity (Wildman–Crippen MR) is 77.3 cm³/mol. The standard InChI is InChI=1S/C15H22N2O3/c1-19-13-5-6-14(20-2)11(8-13)9-15(18)17-12-4-3-7-16-10-12/h5-6,8,12,16H,3-4,7,9-10H2,1-2H3,(H,17,18)/t12-/m0/s1. The van der Waals surface area contributed by atoms with E-state index in [2.05, 4.69) is 10.6 Å². The molecule has 0 unspecified atom stereocenters. The van der Waals surface area contributed by atoms with Crippen molar-refractivity contribution in [1.82, 2.24) is 10.6 Å². The van der Waals surface area contributed by atoms with E-state index in [0.29, 0.717) is 12.2 Å². The predicted octanol–water partition coefficient (Wildman–Crippen LogP) is 1.11. The maximum atomic E-state index is 12.1. The van der Waals surface area contributed by atoms with Crippen LogP contribution in [0.1, 0.15) is 18.4 Å². The minimum atomic E-state index is 0.0188. The highest BCUT2D eigenvalue weighted by Crippen LogP contribution is 2.24. The second-order valence-corrected chi connectivity index (χ2v) is 4.97. The molecule has 0 aromatic heterocycles. The van der Waals surface area contributed by atoms with Crippen LogP contribution in [0.4, 0.5) is 0 Å². The van der Waals surface area contributed by atoms with E-state index in [4.69, 9.17) is 9.47 Å². The maximum Gasteiger partial charge on any atom is 0.224 e. The fourth-order valence-electron chi connectivity index (χ4n) is 2.45. The number of carbonyl (C=O) groups is 1. The summed E-state index contributed by atoms with van der Waals surface area (Å²) in [7, 11) is 3.22. The molecule has 1 fully saturated rings. The van der Waals surface area contributed by atoms with E-state index in [0.717, 1.165) is 37.2 Å². The van der Waals surface area contributed by atoms with Crippen LogP contribution < -0.4 is 20.1 Å². The SMILES string of the molecule is COc1ccc(OC)c(CC(=O)N[C@H]2CCCNC2)c1. The third-order valence-corrected chi connectivity index (χ3v) is 3.50. The molecule has 1 heterocycles. The average Bonchev–Trinajstić information content (AvgIpc) is 2.48. The van der Waals surface area contributed by atoms with Crippen molar-refractivity contribution in [2.45, 2.75) is 25.3 Å². The minimum absolute atomic E-state index is 0.0188. The van der Waals surface area contributed by atoms with Crippen LogP contribution in [0, 0.1) is 0 Å². The quantitative estimate of drug-likeness (QED) is 0.847. The van der Waals surface area contributed by atoms with Gasteiger partial charge in [0.15, 0.2) is 0 Å². The fourth-order valence-corrected chi connectivity index (χ4v) is 2.45. The topological polar surface area (TPSA) is 59.6 Å². The number of hydrogen-bond acceptors (Lipinski definition) is 4. The van der Waals surface area contributed by atoms with Gasteiger partial charge >= 0.3 is 0 Å². The van der Waals surface area contributed by atoms with Gasteiger partial charge in [0.1, 0.15) is 11.5 Å². The summed E-state index contributed by atoms with van der Waals surface area (Å²) in [5.74, 6) is 1.46. The summed E-state index contributed by atoms with van der Waals surface area (Å²) < 4.78 is 10.5. The lowest BCUT2D eigenvalue weighted by atomic mass is 10.1. The van der Waals surface area contributed by atoms with E-state index in [9.17, 15) is 4.79 Å². The van der Waals surface area contributed by atoms with Crippen molar-refractivity contribution >= 4 is 5.91 Å². The number of amides is 1. The molecule has 0 saturated carbocycles. The largest absolute Gasteiger partial charge is 0.497 e. The van der Waals surface area contributed by atoms with Crippen LogP contribution in [-0.2, 0) is 11.2 Å². The number of nitrogens with one attached hydrogen (secondary N) is 2. The number of rotatable bonds is 5. The summed E-state index contributed by atoms with van der Waals surface area (Å²) in [6.45, 7) is 1.89. The highest BCUT2D eigenvalue weighted by atomic mass is 16.5. The first-order valence-electron chi connectivity index (χ1n) is 6.94. The lowest BCUT2D eigenvalue weighted by Gasteiger charge is -2.24. The Morgan fingerprint density at radius 1 is 1.40 bits per heavy atom. The Bertz CT molecular complexity index is 456.